The topological polar surface area (TPSA) is 183 Å². The van der Waals surface area contributed by atoms with Gasteiger partial charge in [0.2, 0.25) is 10.5 Å². The number of aliphatic carboxylic acids is 2. The van der Waals surface area contributed by atoms with Crippen LogP contribution in [0.1, 0.15) is 0 Å². The minimum absolute atomic E-state index is 2.42. The summed E-state index contributed by atoms with van der Waals surface area (Å²) in [5, 5.41) is 10.2. The second kappa shape index (κ2) is 4.32. The molecule has 0 saturated carbocycles. The molecular formula is C4H6O10S2. The van der Waals surface area contributed by atoms with E-state index in [1.165, 1.54) is 0 Å². The number of carboxylic acids is 2. The van der Waals surface area contributed by atoms with Crippen LogP contribution >= 0.6 is 0 Å². The molecule has 0 amide bonds. The van der Waals surface area contributed by atoms with Crippen molar-refractivity contribution in [3.63, 3.8) is 0 Å². The van der Waals surface area contributed by atoms with Gasteiger partial charge in [0.05, 0.1) is 0 Å². The monoisotopic (exact) mass is 278 g/mol. The number of carbonyl (C=O) groups is 2. The standard InChI is InChI=1S/C4H6O10S2/c5-3(6)1(15(9,10)11)2(4(7)8)16(12,13)14/h1-2H,(H,5,6)(H,7,8)(H,9,10,11)(H,12,13,14). The lowest BCUT2D eigenvalue weighted by atomic mass is 10.3. The molecule has 0 aliphatic heterocycles. The molecule has 0 rings (SSSR count). The maximum Gasteiger partial charge on any atom is 0.326 e. The Morgan fingerprint density at radius 2 is 0.938 bits per heavy atom. The highest BCUT2D eigenvalue weighted by Crippen LogP contribution is 2.13. The first-order chi connectivity index (χ1) is 6.89. The Hall–Kier alpha value is -1.24. The molecule has 0 aliphatic rings. The van der Waals surface area contributed by atoms with Crippen molar-refractivity contribution in [2.24, 2.45) is 0 Å². The number of hydrogen-bond acceptors (Lipinski definition) is 6. The molecule has 0 heterocycles. The summed E-state index contributed by atoms with van der Waals surface area (Å²) in [5.74, 6) is -4.85. The third kappa shape index (κ3) is 3.41. The normalized spacial score (nSPS) is 16.4. The van der Waals surface area contributed by atoms with Gasteiger partial charge in [-0.25, -0.2) is 0 Å². The molecule has 0 aliphatic carbocycles. The highest BCUT2D eigenvalue weighted by molar-refractivity contribution is 7.91. The van der Waals surface area contributed by atoms with E-state index in [9.17, 15) is 26.4 Å². The van der Waals surface area contributed by atoms with Crippen LogP contribution in [0.3, 0.4) is 0 Å². The first-order valence-electron chi connectivity index (χ1n) is 3.27. The number of hydrogen-bond donors (Lipinski definition) is 4. The fourth-order valence-corrected chi connectivity index (χ4v) is 3.04. The molecule has 16 heavy (non-hydrogen) atoms. The first-order valence-corrected chi connectivity index (χ1v) is 6.28. The predicted octanol–water partition coefficient (Wildman–Crippen LogP) is -2.33. The molecular weight excluding hydrogens is 272 g/mol. The van der Waals surface area contributed by atoms with Crippen LogP contribution in [0, 0.1) is 0 Å². The highest BCUT2D eigenvalue weighted by atomic mass is 32.2. The van der Waals surface area contributed by atoms with Gasteiger partial charge in [-0.05, 0) is 0 Å². The zero-order valence-corrected chi connectivity index (χ0v) is 8.84. The highest BCUT2D eigenvalue weighted by Gasteiger charge is 2.50. The van der Waals surface area contributed by atoms with Crippen LogP contribution in [-0.4, -0.2) is 58.6 Å². The van der Waals surface area contributed by atoms with Gasteiger partial charge in [-0.2, -0.15) is 16.8 Å². The minimum atomic E-state index is -5.51. The SMILES string of the molecule is O=C(O)C(C(C(=O)O)S(=O)(=O)O)S(=O)(=O)O. The van der Waals surface area contributed by atoms with E-state index in [2.05, 4.69) is 0 Å². The fraction of sp³-hybridized carbons (Fsp3) is 0.500. The van der Waals surface area contributed by atoms with Gasteiger partial charge in [0.25, 0.3) is 20.2 Å². The average Bonchev–Trinajstić information content (AvgIpc) is 1.92. The second-order valence-corrected chi connectivity index (χ2v) is 5.62. The van der Waals surface area contributed by atoms with Crippen LogP contribution in [0.5, 0.6) is 0 Å². The first kappa shape index (κ1) is 14.8. The smallest absolute Gasteiger partial charge is 0.326 e. The predicted molar refractivity (Wildman–Crippen MR) is 45.9 cm³/mol. The Labute approximate surface area is 89.0 Å². The van der Waals surface area contributed by atoms with Gasteiger partial charge in [0.15, 0.2) is 0 Å². The van der Waals surface area contributed by atoms with Crippen molar-refractivity contribution >= 4 is 32.2 Å². The maximum atomic E-state index is 10.5. The van der Waals surface area contributed by atoms with Crippen molar-refractivity contribution in [2.75, 3.05) is 0 Å². The summed E-state index contributed by atoms with van der Waals surface area (Å²) in [6, 6.07) is 0. The molecule has 12 heteroatoms. The van der Waals surface area contributed by atoms with Crippen LogP contribution in [-0.2, 0) is 29.8 Å². The zero-order chi connectivity index (χ0) is 13.3. The summed E-state index contributed by atoms with van der Waals surface area (Å²) in [5.41, 5.74) is 0. The Morgan fingerprint density at radius 3 is 1.00 bits per heavy atom. The largest absolute Gasteiger partial charge is 0.480 e. The van der Waals surface area contributed by atoms with Crippen molar-refractivity contribution < 1.29 is 45.7 Å². The van der Waals surface area contributed by atoms with Crippen molar-refractivity contribution in [2.45, 2.75) is 10.5 Å². The number of rotatable bonds is 5. The summed E-state index contributed by atoms with van der Waals surface area (Å²) >= 11 is 0. The summed E-state index contributed by atoms with van der Waals surface area (Å²) < 4.78 is 58.8. The summed E-state index contributed by atoms with van der Waals surface area (Å²) in [6.45, 7) is 0. The molecule has 0 bridgehead atoms. The average molecular weight is 278 g/mol. The van der Waals surface area contributed by atoms with E-state index < -0.39 is 42.7 Å². The fourth-order valence-electron chi connectivity index (χ4n) is 0.826. The van der Waals surface area contributed by atoms with Gasteiger partial charge in [0.1, 0.15) is 0 Å². The van der Waals surface area contributed by atoms with Gasteiger partial charge >= 0.3 is 11.9 Å². The van der Waals surface area contributed by atoms with E-state index in [4.69, 9.17) is 19.3 Å². The third-order valence-electron chi connectivity index (χ3n) is 1.40. The van der Waals surface area contributed by atoms with Crippen LogP contribution in [0.2, 0.25) is 0 Å². The molecule has 10 nitrogen and oxygen atoms in total. The van der Waals surface area contributed by atoms with Gasteiger partial charge in [-0.15, -0.1) is 0 Å². The van der Waals surface area contributed by atoms with Crippen molar-refractivity contribution in [1.29, 1.82) is 0 Å². The van der Waals surface area contributed by atoms with E-state index in [1.54, 1.807) is 0 Å². The van der Waals surface area contributed by atoms with Crippen LogP contribution in [0.4, 0.5) is 0 Å². The van der Waals surface area contributed by atoms with Gasteiger partial charge in [-0.1, -0.05) is 0 Å². The molecule has 0 saturated heterocycles. The maximum absolute atomic E-state index is 10.5. The quantitative estimate of drug-likeness (QED) is 0.397. The zero-order valence-electron chi connectivity index (χ0n) is 7.21. The summed E-state index contributed by atoms with van der Waals surface area (Å²) in [7, 11) is -11.0. The molecule has 0 radical (unpaired) electrons. The molecule has 2 atom stereocenters. The van der Waals surface area contributed by atoms with E-state index in [1.807, 2.05) is 0 Å². The van der Waals surface area contributed by atoms with E-state index in [0.717, 1.165) is 0 Å². The lowest BCUT2D eigenvalue weighted by Crippen LogP contribution is -2.49. The Balaban J connectivity index is 5.87. The molecule has 0 aromatic carbocycles. The number of carboxylic acid groups (broad SMARTS) is 2. The Kier molecular flexibility index (Phi) is 3.99. The molecule has 0 spiro atoms. The van der Waals surface area contributed by atoms with Crippen molar-refractivity contribution in [1.82, 2.24) is 0 Å². The van der Waals surface area contributed by atoms with E-state index >= 15 is 0 Å². The summed E-state index contributed by atoms with van der Waals surface area (Å²) in [6.07, 6.45) is 0. The molecule has 2 unspecified atom stereocenters. The molecule has 0 aromatic heterocycles. The third-order valence-corrected chi connectivity index (χ3v) is 3.81. The van der Waals surface area contributed by atoms with Crippen LogP contribution in [0.25, 0.3) is 0 Å². The molecule has 4 N–H and O–H groups in total. The summed E-state index contributed by atoms with van der Waals surface area (Å²) in [4.78, 5) is 20.7. The Bertz CT molecular complexity index is 449. The van der Waals surface area contributed by atoms with Gasteiger partial charge in [0, 0.05) is 0 Å². The minimum Gasteiger partial charge on any atom is -0.480 e. The molecule has 0 aromatic rings. The van der Waals surface area contributed by atoms with E-state index in [0.29, 0.717) is 0 Å². The molecule has 0 fully saturated rings. The lowest BCUT2D eigenvalue weighted by molar-refractivity contribution is -0.143. The lowest BCUT2D eigenvalue weighted by Gasteiger charge is -2.14. The van der Waals surface area contributed by atoms with Gasteiger partial charge < -0.3 is 10.2 Å². The molecule has 94 valence electrons. The van der Waals surface area contributed by atoms with Crippen LogP contribution < -0.4 is 0 Å². The van der Waals surface area contributed by atoms with E-state index in [-0.39, 0.29) is 0 Å². The Morgan fingerprint density at radius 1 is 0.750 bits per heavy atom. The van der Waals surface area contributed by atoms with Crippen molar-refractivity contribution in [3.8, 4) is 0 Å². The second-order valence-electron chi connectivity index (χ2n) is 2.55. The van der Waals surface area contributed by atoms with Gasteiger partial charge in [-0.3, -0.25) is 18.7 Å². The van der Waals surface area contributed by atoms with Crippen LogP contribution in [0.15, 0.2) is 0 Å². The van der Waals surface area contributed by atoms with Crippen molar-refractivity contribution in [3.05, 3.63) is 0 Å².